The maximum Gasteiger partial charge on any atom is 0.123 e. The Hall–Kier alpha value is -1.15. The largest absolute Gasteiger partial charge is 0.244 e. The first-order chi connectivity index (χ1) is 6.79. The van der Waals surface area contributed by atoms with Gasteiger partial charge in [0.15, 0.2) is 0 Å². The number of thiazole rings is 1. The van der Waals surface area contributed by atoms with Crippen molar-refractivity contribution < 1.29 is 0 Å². The number of hydrogen-bond acceptors (Lipinski definition) is 2. The van der Waals surface area contributed by atoms with Crippen molar-refractivity contribution in [3.63, 3.8) is 0 Å². The van der Waals surface area contributed by atoms with Gasteiger partial charge in [0, 0.05) is 16.6 Å². The van der Waals surface area contributed by atoms with Gasteiger partial charge in [-0.15, -0.1) is 11.3 Å². The Morgan fingerprint density at radius 2 is 2.21 bits per heavy atom. The molecule has 0 amide bonds. The molecule has 0 bridgehead atoms. The molecule has 0 spiro atoms. The summed E-state index contributed by atoms with van der Waals surface area (Å²) in [6.45, 7) is 4.26. The van der Waals surface area contributed by atoms with Gasteiger partial charge in [-0.1, -0.05) is 25.1 Å². The molecule has 2 heteroatoms. The third-order valence-electron chi connectivity index (χ3n) is 2.20. The molecule has 0 radical (unpaired) electrons. The second-order valence-corrected chi connectivity index (χ2v) is 4.56. The van der Waals surface area contributed by atoms with E-state index in [1.54, 1.807) is 11.3 Å². The molecule has 0 fully saturated rings. The molecule has 14 heavy (non-hydrogen) atoms. The van der Waals surface area contributed by atoms with Gasteiger partial charge in [0.05, 0.1) is 0 Å². The molecule has 0 N–H and O–H groups in total. The molecule has 0 atom stereocenters. The monoisotopic (exact) mass is 203 g/mol. The Morgan fingerprint density at radius 3 is 2.86 bits per heavy atom. The lowest BCUT2D eigenvalue weighted by atomic mass is 10.1. The first kappa shape index (κ1) is 9.41. The molecule has 1 heterocycles. The minimum Gasteiger partial charge on any atom is -0.244 e. The lowest BCUT2D eigenvalue weighted by Crippen LogP contribution is -1.81. The lowest BCUT2D eigenvalue weighted by Gasteiger charge is -1.99. The van der Waals surface area contributed by atoms with E-state index in [9.17, 15) is 0 Å². The zero-order chi connectivity index (χ0) is 9.97. The fourth-order valence-corrected chi connectivity index (χ4v) is 2.17. The molecule has 0 saturated heterocycles. The fraction of sp³-hybridized carbons (Fsp3) is 0.250. The van der Waals surface area contributed by atoms with Crippen LogP contribution in [0, 0.1) is 6.92 Å². The first-order valence-electron chi connectivity index (χ1n) is 4.81. The quantitative estimate of drug-likeness (QED) is 0.725. The SMILES string of the molecule is CCc1cccc(-c2ncc(C)s2)c1. The number of benzene rings is 1. The van der Waals surface area contributed by atoms with Gasteiger partial charge < -0.3 is 0 Å². The van der Waals surface area contributed by atoms with Crippen molar-refractivity contribution >= 4 is 11.3 Å². The number of aryl methyl sites for hydroxylation is 2. The van der Waals surface area contributed by atoms with Crippen LogP contribution in [0.4, 0.5) is 0 Å². The van der Waals surface area contributed by atoms with E-state index in [1.807, 2.05) is 6.20 Å². The van der Waals surface area contributed by atoms with Crippen LogP contribution in [0.25, 0.3) is 10.6 Å². The summed E-state index contributed by atoms with van der Waals surface area (Å²) in [5.41, 5.74) is 2.61. The minimum absolute atomic E-state index is 1.08. The maximum atomic E-state index is 4.38. The van der Waals surface area contributed by atoms with Gasteiger partial charge in [0.1, 0.15) is 5.01 Å². The summed E-state index contributed by atoms with van der Waals surface area (Å²) in [7, 11) is 0. The molecular weight excluding hydrogens is 190 g/mol. The Kier molecular flexibility index (Phi) is 2.64. The molecule has 0 saturated carbocycles. The molecule has 2 aromatic rings. The van der Waals surface area contributed by atoms with Crippen LogP contribution >= 0.6 is 11.3 Å². The summed E-state index contributed by atoms with van der Waals surface area (Å²) in [5, 5.41) is 1.12. The van der Waals surface area contributed by atoms with E-state index >= 15 is 0 Å². The summed E-state index contributed by atoms with van der Waals surface area (Å²) in [6, 6.07) is 8.60. The fourth-order valence-electron chi connectivity index (χ4n) is 1.41. The summed E-state index contributed by atoms with van der Waals surface area (Å²) >= 11 is 1.75. The predicted octanol–water partition coefficient (Wildman–Crippen LogP) is 3.68. The van der Waals surface area contributed by atoms with E-state index in [0.717, 1.165) is 11.4 Å². The Labute approximate surface area is 88.4 Å². The number of hydrogen-bond donors (Lipinski definition) is 0. The van der Waals surface area contributed by atoms with Gasteiger partial charge >= 0.3 is 0 Å². The molecule has 0 aliphatic carbocycles. The highest BCUT2D eigenvalue weighted by Crippen LogP contribution is 2.25. The molecule has 1 aromatic carbocycles. The third-order valence-corrected chi connectivity index (χ3v) is 3.17. The number of nitrogens with zero attached hydrogens (tertiary/aromatic N) is 1. The van der Waals surface area contributed by atoms with Crippen LogP contribution in [0.1, 0.15) is 17.4 Å². The van der Waals surface area contributed by atoms with E-state index < -0.39 is 0 Å². The molecule has 1 aromatic heterocycles. The van der Waals surface area contributed by atoms with E-state index in [1.165, 1.54) is 16.0 Å². The van der Waals surface area contributed by atoms with Crippen molar-refractivity contribution in [3.8, 4) is 10.6 Å². The number of aromatic nitrogens is 1. The Bertz CT molecular complexity index is 431. The van der Waals surface area contributed by atoms with Gasteiger partial charge in [-0.05, 0) is 25.0 Å². The van der Waals surface area contributed by atoms with Crippen LogP contribution in [-0.2, 0) is 6.42 Å². The summed E-state index contributed by atoms with van der Waals surface area (Å²) in [6.07, 6.45) is 3.01. The highest BCUT2D eigenvalue weighted by atomic mass is 32.1. The van der Waals surface area contributed by atoms with E-state index in [0.29, 0.717) is 0 Å². The Balaban J connectivity index is 2.41. The average Bonchev–Trinajstić information content (AvgIpc) is 2.65. The number of rotatable bonds is 2. The standard InChI is InChI=1S/C12H13NS/c1-3-10-5-4-6-11(7-10)12-13-8-9(2)14-12/h4-8H,3H2,1-2H3. The molecule has 0 unspecified atom stereocenters. The highest BCUT2D eigenvalue weighted by Gasteiger charge is 2.02. The molecule has 1 nitrogen and oxygen atoms in total. The first-order valence-corrected chi connectivity index (χ1v) is 5.63. The molecule has 0 aliphatic rings. The predicted molar refractivity (Wildman–Crippen MR) is 61.7 cm³/mol. The smallest absolute Gasteiger partial charge is 0.123 e. The summed E-state index contributed by atoms with van der Waals surface area (Å²) < 4.78 is 0. The molecule has 72 valence electrons. The summed E-state index contributed by atoms with van der Waals surface area (Å²) in [4.78, 5) is 5.65. The maximum absolute atomic E-state index is 4.38. The van der Waals surface area contributed by atoms with Crippen LogP contribution in [0.5, 0.6) is 0 Å². The molecular formula is C12H13NS. The molecule has 0 aliphatic heterocycles. The van der Waals surface area contributed by atoms with Crippen LogP contribution in [0.2, 0.25) is 0 Å². The zero-order valence-electron chi connectivity index (χ0n) is 8.45. The van der Waals surface area contributed by atoms with Crippen LogP contribution in [-0.4, -0.2) is 4.98 Å². The van der Waals surface area contributed by atoms with Crippen LogP contribution < -0.4 is 0 Å². The third kappa shape index (κ3) is 1.85. The van der Waals surface area contributed by atoms with Crippen molar-refractivity contribution in [1.29, 1.82) is 0 Å². The second kappa shape index (κ2) is 3.93. The Morgan fingerprint density at radius 1 is 1.36 bits per heavy atom. The second-order valence-electron chi connectivity index (χ2n) is 3.33. The topological polar surface area (TPSA) is 12.9 Å². The van der Waals surface area contributed by atoms with Gasteiger partial charge in [0.2, 0.25) is 0 Å². The van der Waals surface area contributed by atoms with Crippen LogP contribution in [0.3, 0.4) is 0 Å². The van der Waals surface area contributed by atoms with E-state index in [-0.39, 0.29) is 0 Å². The van der Waals surface area contributed by atoms with Crippen LogP contribution in [0.15, 0.2) is 30.5 Å². The van der Waals surface area contributed by atoms with Gasteiger partial charge in [0.25, 0.3) is 0 Å². The normalized spacial score (nSPS) is 10.4. The van der Waals surface area contributed by atoms with Crippen molar-refractivity contribution in [2.75, 3.05) is 0 Å². The van der Waals surface area contributed by atoms with Crippen molar-refractivity contribution in [1.82, 2.24) is 4.98 Å². The molecule has 2 rings (SSSR count). The van der Waals surface area contributed by atoms with E-state index in [2.05, 4.69) is 43.1 Å². The van der Waals surface area contributed by atoms with Gasteiger partial charge in [-0.3, -0.25) is 0 Å². The van der Waals surface area contributed by atoms with Gasteiger partial charge in [-0.25, -0.2) is 4.98 Å². The lowest BCUT2D eigenvalue weighted by molar-refractivity contribution is 1.14. The van der Waals surface area contributed by atoms with Crippen molar-refractivity contribution in [3.05, 3.63) is 40.9 Å². The van der Waals surface area contributed by atoms with Crippen molar-refractivity contribution in [2.24, 2.45) is 0 Å². The average molecular weight is 203 g/mol. The van der Waals surface area contributed by atoms with Gasteiger partial charge in [-0.2, -0.15) is 0 Å². The highest BCUT2D eigenvalue weighted by molar-refractivity contribution is 7.14. The van der Waals surface area contributed by atoms with Crippen molar-refractivity contribution in [2.45, 2.75) is 20.3 Å². The zero-order valence-corrected chi connectivity index (χ0v) is 9.27. The summed E-state index contributed by atoms with van der Waals surface area (Å²) in [5.74, 6) is 0. The van der Waals surface area contributed by atoms with E-state index in [4.69, 9.17) is 0 Å². The minimum atomic E-state index is 1.08.